The van der Waals surface area contributed by atoms with Crippen molar-refractivity contribution in [2.24, 2.45) is 5.92 Å². The summed E-state index contributed by atoms with van der Waals surface area (Å²) in [4.78, 5) is 11.8. The predicted molar refractivity (Wildman–Crippen MR) is 77.3 cm³/mol. The molecule has 0 bridgehead atoms. The molecule has 0 radical (unpaired) electrons. The number of ether oxygens (including phenoxy) is 2. The van der Waals surface area contributed by atoms with Crippen LogP contribution < -0.4 is 10.1 Å². The zero-order chi connectivity index (χ0) is 15.0. The smallest absolute Gasteiger partial charge is 0.251 e. The molecule has 0 fully saturated rings. The molecule has 0 aliphatic carbocycles. The van der Waals surface area contributed by atoms with Gasteiger partial charge in [-0.25, -0.2) is 0 Å². The number of aromatic hydroxyl groups is 1. The van der Waals surface area contributed by atoms with Gasteiger partial charge in [0.2, 0.25) is 0 Å². The molecule has 0 saturated heterocycles. The van der Waals surface area contributed by atoms with Gasteiger partial charge in [-0.2, -0.15) is 0 Å². The molecule has 1 aromatic rings. The highest BCUT2D eigenvalue weighted by atomic mass is 16.5. The van der Waals surface area contributed by atoms with E-state index in [-0.39, 0.29) is 11.7 Å². The van der Waals surface area contributed by atoms with Crippen molar-refractivity contribution in [1.29, 1.82) is 0 Å². The summed E-state index contributed by atoms with van der Waals surface area (Å²) in [6.45, 7) is 5.92. The van der Waals surface area contributed by atoms with Gasteiger partial charge in [0.1, 0.15) is 0 Å². The van der Waals surface area contributed by atoms with E-state index in [1.807, 2.05) is 0 Å². The summed E-state index contributed by atoms with van der Waals surface area (Å²) in [5.41, 5.74) is 0.394. The number of carbonyl (C=O) groups is 1. The summed E-state index contributed by atoms with van der Waals surface area (Å²) < 4.78 is 10.3. The summed E-state index contributed by atoms with van der Waals surface area (Å²) in [5, 5.41) is 12.3. The molecule has 0 aromatic heterocycles. The van der Waals surface area contributed by atoms with Crippen LogP contribution in [0.3, 0.4) is 0 Å². The summed E-state index contributed by atoms with van der Waals surface area (Å²) in [5.74, 6) is 0.675. The minimum atomic E-state index is -0.240. The highest BCUT2D eigenvalue weighted by Crippen LogP contribution is 2.25. The highest BCUT2D eigenvalue weighted by Gasteiger charge is 2.08. The number of methoxy groups -OCH3 is 1. The molecule has 5 heteroatoms. The molecule has 0 unspecified atom stereocenters. The van der Waals surface area contributed by atoms with Gasteiger partial charge in [-0.05, 0) is 30.5 Å². The summed E-state index contributed by atoms with van der Waals surface area (Å²) >= 11 is 0. The van der Waals surface area contributed by atoms with Gasteiger partial charge >= 0.3 is 0 Å². The molecule has 0 atom stereocenters. The number of phenolic OH excluding ortho intramolecular Hbond substituents is 1. The minimum Gasteiger partial charge on any atom is -0.504 e. The molecule has 1 aromatic carbocycles. The molecule has 20 heavy (non-hydrogen) atoms. The fourth-order valence-electron chi connectivity index (χ4n) is 1.59. The van der Waals surface area contributed by atoms with Crippen LogP contribution in [0.4, 0.5) is 0 Å². The molecular weight excluding hydrogens is 258 g/mol. The first-order valence-corrected chi connectivity index (χ1v) is 6.77. The summed E-state index contributed by atoms with van der Waals surface area (Å²) in [6.07, 6.45) is 1.01. The molecule has 2 N–H and O–H groups in total. The van der Waals surface area contributed by atoms with Gasteiger partial charge in [0.25, 0.3) is 5.91 Å². The number of nitrogens with one attached hydrogen (secondary N) is 1. The quantitative estimate of drug-likeness (QED) is 0.717. The van der Waals surface area contributed by atoms with Crippen LogP contribution in [0.1, 0.15) is 30.6 Å². The van der Waals surface area contributed by atoms with Crippen molar-refractivity contribution in [3.05, 3.63) is 23.8 Å². The average molecular weight is 281 g/mol. The van der Waals surface area contributed by atoms with Crippen LogP contribution in [0.15, 0.2) is 18.2 Å². The maximum absolute atomic E-state index is 11.8. The van der Waals surface area contributed by atoms with Crippen molar-refractivity contribution in [2.45, 2.75) is 20.3 Å². The van der Waals surface area contributed by atoms with Crippen LogP contribution >= 0.6 is 0 Å². The van der Waals surface area contributed by atoms with Gasteiger partial charge in [-0.1, -0.05) is 13.8 Å². The molecule has 0 aliphatic rings. The lowest BCUT2D eigenvalue weighted by Gasteiger charge is -2.09. The molecule has 0 aliphatic heterocycles. The molecule has 0 spiro atoms. The molecular formula is C15H23NO4. The third-order valence-corrected chi connectivity index (χ3v) is 2.81. The maximum Gasteiger partial charge on any atom is 0.251 e. The topological polar surface area (TPSA) is 67.8 Å². The van der Waals surface area contributed by atoms with Crippen LogP contribution in [0, 0.1) is 5.92 Å². The molecule has 5 nitrogen and oxygen atoms in total. The Morgan fingerprint density at radius 3 is 2.70 bits per heavy atom. The number of rotatable bonds is 8. The van der Waals surface area contributed by atoms with Crippen molar-refractivity contribution in [3.8, 4) is 11.5 Å². The number of hydrogen-bond acceptors (Lipinski definition) is 4. The van der Waals surface area contributed by atoms with Crippen LogP contribution in [-0.2, 0) is 4.74 Å². The Kier molecular flexibility index (Phi) is 6.87. The highest BCUT2D eigenvalue weighted by molar-refractivity contribution is 5.94. The van der Waals surface area contributed by atoms with Crippen molar-refractivity contribution in [1.82, 2.24) is 5.32 Å². The van der Waals surface area contributed by atoms with Crippen LogP contribution in [0.25, 0.3) is 0 Å². The van der Waals surface area contributed by atoms with Crippen LogP contribution in [0.2, 0.25) is 0 Å². The Labute approximate surface area is 119 Å². The largest absolute Gasteiger partial charge is 0.504 e. The van der Waals surface area contributed by atoms with Crippen molar-refractivity contribution < 1.29 is 19.4 Å². The molecule has 112 valence electrons. The van der Waals surface area contributed by atoms with E-state index in [9.17, 15) is 9.90 Å². The van der Waals surface area contributed by atoms with E-state index in [4.69, 9.17) is 9.47 Å². The van der Waals surface area contributed by atoms with Gasteiger partial charge < -0.3 is 19.9 Å². The lowest BCUT2D eigenvalue weighted by Crippen LogP contribution is -2.27. The Morgan fingerprint density at radius 2 is 2.10 bits per heavy atom. The first-order chi connectivity index (χ1) is 9.54. The second-order valence-electron chi connectivity index (χ2n) is 4.94. The standard InChI is InChI=1S/C15H23NO4/c1-11(2)6-8-20-9-7-16-15(18)12-4-5-14(19-3)13(17)10-12/h4-5,10-11,17H,6-9H2,1-3H3,(H,16,18). The van der Waals surface area contributed by atoms with E-state index in [0.717, 1.165) is 6.42 Å². The van der Waals surface area contributed by atoms with Crippen molar-refractivity contribution >= 4 is 5.91 Å². The fraction of sp³-hybridized carbons (Fsp3) is 0.533. The van der Waals surface area contributed by atoms with Crippen LogP contribution in [0.5, 0.6) is 11.5 Å². The SMILES string of the molecule is COc1ccc(C(=O)NCCOCCC(C)C)cc1O. The number of hydrogen-bond donors (Lipinski definition) is 2. The third kappa shape index (κ3) is 5.48. The summed E-state index contributed by atoms with van der Waals surface area (Å²) in [6, 6.07) is 4.55. The van der Waals surface area contributed by atoms with Crippen molar-refractivity contribution in [2.75, 3.05) is 26.9 Å². The van der Waals surface area contributed by atoms with Crippen molar-refractivity contribution in [3.63, 3.8) is 0 Å². The Bertz CT molecular complexity index is 432. The van der Waals surface area contributed by atoms with Gasteiger partial charge in [0.15, 0.2) is 11.5 Å². The first-order valence-electron chi connectivity index (χ1n) is 6.77. The number of benzene rings is 1. The van der Waals surface area contributed by atoms with E-state index < -0.39 is 0 Å². The van der Waals surface area contributed by atoms with Gasteiger partial charge in [-0.3, -0.25) is 4.79 Å². The summed E-state index contributed by atoms with van der Waals surface area (Å²) in [7, 11) is 1.46. The maximum atomic E-state index is 11.8. The van der Waals surface area contributed by atoms with Gasteiger partial charge in [0, 0.05) is 18.7 Å². The van der Waals surface area contributed by atoms with E-state index >= 15 is 0 Å². The molecule has 0 heterocycles. The number of phenols is 1. The molecule has 1 rings (SSSR count). The zero-order valence-corrected chi connectivity index (χ0v) is 12.3. The Balaban J connectivity index is 2.31. The monoisotopic (exact) mass is 281 g/mol. The lowest BCUT2D eigenvalue weighted by atomic mass is 10.1. The fourth-order valence-corrected chi connectivity index (χ4v) is 1.59. The Hall–Kier alpha value is -1.75. The molecule has 1 amide bonds. The first kappa shape index (κ1) is 16.3. The third-order valence-electron chi connectivity index (χ3n) is 2.81. The Morgan fingerprint density at radius 1 is 1.35 bits per heavy atom. The number of amides is 1. The van der Waals surface area contributed by atoms with Gasteiger partial charge in [0.05, 0.1) is 13.7 Å². The second-order valence-corrected chi connectivity index (χ2v) is 4.94. The lowest BCUT2D eigenvalue weighted by molar-refractivity contribution is 0.0905. The van der Waals surface area contributed by atoms with E-state index in [1.54, 1.807) is 12.1 Å². The normalized spacial score (nSPS) is 10.6. The van der Waals surface area contributed by atoms with E-state index in [0.29, 0.717) is 37.0 Å². The predicted octanol–water partition coefficient (Wildman–Crippen LogP) is 2.19. The van der Waals surface area contributed by atoms with Crippen LogP contribution in [-0.4, -0.2) is 37.9 Å². The van der Waals surface area contributed by atoms with Gasteiger partial charge in [-0.15, -0.1) is 0 Å². The second kappa shape index (κ2) is 8.43. The number of carbonyl (C=O) groups excluding carboxylic acids is 1. The van der Waals surface area contributed by atoms with E-state index in [2.05, 4.69) is 19.2 Å². The zero-order valence-electron chi connectivity index (χ0n) is 12.3. The van der Waals surface area contributed by atoms with E-state index in [1.165, 1.54) is 13.2 Å². The average Bonchev–Trinajstić information content (AvgIpc) is 2.42. The molecule has 0 saturated carbocycles. The minimum absolute atomic E-state index is 0.0478.